The van der Waals surface area contributed by atoms with Crippen molar-refractivity contribution in [3.8, 4) is 5.69 Å². The Bertz CT molecular complexity index is 1240. The lowest BCUT2D eigenvalue weighted by molar-refractivity contribution is -0.121. The molecule has 3 aromatic carbocycles. The zero-order valence-corrected chi connectivity index (χ0v) is 20.3. The number of hydrogen-bond donors (Lipinski definition) is 3. The summed E-state index contributed by atoms with van der Waals surface area (Å²) in [6, 6.07) is 24.8. The summed E-state index contributed by atoms with van der Waals surface area (Å²) in [7, 11) is 0. The third kappa shape index (κ3) is 6.56. The number of nitrogens with one attached hydrogen (secondary N) is 3. The summed E-state index contributed by atoms with van der Waals surface area (Å²) in [5.74, 6) is -0.0882. The quantitative estimate of drug-likeness (QED) is 0.249. The van der Waals surface area contributed by atoms with E-state index in [-0.39, 0.29) is 5.91 Å². The van der Waals surface area contributed by atoms with Crippen molar-refractivity contribution in [2.75, 3.05) is 10.6 Å². The Morgan fingerprint density at radius 2 is 1.56 bits per heavy atom. The lowest BCUT2D eigenvalue weighted by atomic mass is 10.2. The van der Waals surface area contributed by atoms with Gasteiger partial charge in [-0.3, -0.25) is 4.79 Å². The number of anilines is 2. The fraction of sp³-hybridized carbons (Fsp3) is 0.148. The van der Waals surface area contributed by atoms with Crippen molar-refractivity contribution in [1.29, 1.82) is 0 Å². The van der Waals surface area contributed by atoms with Gasteiger partial charge in [-0.15, -0.1) is 0 Å². The van der Waals surface area contributed by atoms with Crippen LogP contribution >= 0.6 is 23.2 Å². The summed E-state index contributed by atoms with van der Waals surface area (Å²) in [6.45, 7) is 2.92. The van der Waals surface area contributed by atoms with E-state index in [4.69, 9.17) is 23.2 Å². The maximum absolute atomic E-state index is 12.7. The van der Waals surface area contributed by atoms with Crippen LogP contribution in [0.5, 0.6) is 0 Å². The minimum Gasteiger partial charge on any atom is -0.381 e. The Balaban J connectivity index is 1.45. The SMILES string of the molecule is CC(Nc1cc(NCc2cccc(Cl)c2)cc(-n2cccc2)c1)C(=O)NCc1ccc(Cl)cc1. The molecule has 1 aromatic heterocycles. The van der Waals surface area contributed by atoms with E-state index in [1.807, 2.05) is 96.7 Å². The zero-order valence-electron chi connectivity index (χ0n) is 18.8. The summed E-state index contributed by atoms with van der Waals surface area (Å²) in [4.78, 5) is 12.7. The summed E-state index contributed by atoms with van der Waals surface area (Å²) in [5.41, 5.74) is 4.84. The monoisotopic (exact) mass is 492 g/mol. The number of halogens is 2. The summed E-state index contributed by atoms with van der Waals surface area (Å²) in [5, 5.41) is 11.1. The van der Waals surface area contributed by atoms with Crippen LogP contribution in [-0.4, -0.2) is 16.5 Å². The molecule has 4 rings (SSSR count). The summed E-state index contributed by atoms with van der Waals surface area (Å²) < 4.78 is 2.03. The Morgan fingerprint density at radius 3 is 2.29 bits per heavy atom. The highest BCUT2D eigenvalue weighted by Gasteiger charge is 2.13. The second kappa shape index (κ2) is 11.1. The Hall–Kier alpha value is -3.41. The highest BCUT2D eigenvalue weighted by Crippen LogP contribution is 2.24. The van der Waals surface area contributed by atoms with Gasteiger partial charge in [-0.1, -0.05) is 47.5 Å². The highest BCUT2D eigenvalue weighted by molar-refractivity contribution is 6.30. The van der Waals surface area contributed by atoms with Crippen molar-refractivity contribution in [3.63, 3.8) is 0 Å². The molecule has 5 nitrogen and oxygen atoms in total. The van der Waals surface area contributed by atoms with Crippen LogP contribution < -0.4 is 16.0 Å². The Kier molecular flexibility index (Phi) is 7.78. The smallest absolute Gasteiger partial charge is 0.242 e. The molecule has 3 N–H and O–H groups in total. The maximum atomic E-state index is 12.7. The van der Waals surface area contributed by atoms with E-state index in [0.29, 0.717) is 23.1 Å². The summed E-state index contributed by atoms with van der Waals surface area (Å²) in [6.07, 6.45) is 3.98. The zero-order chi connectivity index (χ0) is 23.9. The standard InChI is InChI=1S/C27H26Cl2N4O/c1-19(27(34)31-17-20-7-9-22(28)10-8-20)32-25-14-24(15-26(16-25)33-11-2-3-12-33)30-18-21-5-4-6-23(29)13-21/h2-16,19,30,32H,17-18H2,1H3,(H,31,34). The molecule has 0 saturated heterocycles. The normalized spacial score (nSPS) is 11.6. The van der Waals surface area contributed by atoms with Crippen LogP contribution in [0.2, 0.25) is 10.0 Å². The van der Waals surface area contributed by atoms with Gasteiger partial charge in [-0.05, 0) is 72.6 Å². The molecule has 0 radical (unpaired) electrons. The van der Waals surface area contributed by atoms with Crippen LogP contribution in [0.25, 0.3) is 5.69 Å². The second-order valence-electron chi connectivity index (χ2n) is 8.05. The molecule has 0 aliphatic rings. The Labute approximate surface area is 209 Å². The van der Waals surface area contributed by atoms with Crippen LogP contribution in [0.15, 0.2) is 91.3 Å². The van der Waals surface area contributed by atoms with E-state index >= 15 is 0 Å². The topological polar surface area (TPSA) is 58.1 Å². The van der Waals surface area contributed by atoms with Crippen molar-refractivity contribution in [2.24, 2.45) is 0 Å². The Morgan fingerprint density at radius 1 is 0.824 bits per heavy atom. The number of aromatic nitrogens is 1. The van der Waals surface area contributed by atoms with Gasteiger partial charge in [0.05, 0.1) is 0 Å². The van der Waals surface area contributed by atoms with Crippen LogP contribution in [0.3, 0.4) is 0 Å². The molecule has 0 fully saturated rings. The van der Waals surface area contributed by atoms with Gasteiger partial charge in [-0.2, -0.15) is 0 Å². The number of rotatable bonds is 9. The van der Waals surface area contributed by atoms with Crippen molar-refractivity contribution in [3.05, 3.63) is 112 Å². The van der Waals surface area contributed by atoms with Crippen LogP contribution in [-0.2, 0) is 17.9 Å². The third-order valence-electron chi connectivity index (χ3n) is 5.36. The molecule has 0 saturated carbocycles. The van der Waals surface area contributed by atoms with Gasteiger partial charge < -0.3 is 20.5 Å². The first-order valence-electron chi connectivity index (χ1n) is 11.0. The molecular formula is C27H26Cl2N4O. The van der Waals surface area contributed by atoms with Crippen molar-refractivity contribution in [2.45, 2.75) is 26.1 Å². The predicted molar refractivity (Wildman–Crippen MR) is 141 cm³/mol. The van der Waals surface area contributed by atoms with Crippen LogP contribution in [0.1, 0.15) is 18.1 Å². The molecule has 1 amide bonds. The van der Waals surface area contributed by atoms with E-state index in [9.17, 15) is 4.79 Å². The number of hydrogen-bond acceptors (Lipinski definition) is 3. The second-order valence-corrected chi connectivity index (χ2v) is 8.93. The fourth-order valence-corrected chi connectivity index (χ4v) is 3.90. The van der Waals surface area contributed by atoms with Gasteiger partial charge in [0.1, 0.15) is 6.04 Å². The van der Waals surface area contributed by atoms with Gasteiger partial charge in [0, 0.05) is 52.6 Å². The first kappa shape index (κ1) is 23.7. The molecule has 4 aromatic rings. The summed E-state index contributed by atoms with van der Waals surface area (Å²) >= 11 is 12.0. The first-order chi connectivity index (χ1) is 16.5. The average molecular weight is 493 g/mol. The van der Waals surface area contributed by atoms with Gasteiger partial charge in [0.25, 0.3) is 0 Å². The number of carbonyl (C=O) groups is 1. The van der Waals surface area contributed by atoms with Crippen molar-refractivity contribution >= 4 is 40.5 Å². The third-order valence-corrected chi connectivity index (χ3v) is 5.85. The lowest BCUT2D eigenvalue weighted by Gasteiger charge is -2.18. The molecular weight excluding hydrogens is 467 g/mol. The largest absolute Gasteiger partial charge is 0.381 e. The lowest BCUT2D eigenvalue weighted by Crippen LogP contribution is -2.37. The molecule has 0 bridgehead atoms. The molecule has 174 valence electrons. The minimum atomic E-state index is -0.423. The average Bonchev–Trinajstić information content (AvgIpc) is 3.37. The number of nitrogens with zero attached hydrogens (tertiary/aromatic N) is 1. The fourth-order valence-electron chi connectivity index (χ4n) is 3.56. The van der Waals surface area contributed by atoms with Gasteiger partial charge >= 0.3 is 0 Å². The maximum Gasteiger partial charge on any atom is 0.242 e. The van der Waals surface area contributed by atoms with Gasteiger partial charge in [0.15, 0.2) is 0 Å². The predicted octanol–water partition coefficient (Wildman–Crippen LogP) is 6.51. The van der Waals surface area contributed by atoms with E-state index in [0.717, 1.165) is 28.2 Å². The van der Waals surface area contributed by atoms with Gasteiger partial charge in [0.2, 0.25) is 5.91 Å². The molecule has 1 heterocycles. The van der Waals surface area contributed by atoms with Gasteiger partial charge in [-0.25, -0.2) is 0 Å². The van der Waals surface area contributed by atoms with Crippen molar-refractivity contribution < 1.29 is 4.79 Å². The number of benzene rings is 3. The van der Waals surface area contributed by atoms with E-state index in [1.54, 1.807) is 0 Å². The molecule has 0 aliphatic heterocycles. The molecule has 1 atom stereocenters. The van der Waals surface area contributed by atoms with E-state index in [1.165, 1.54) is 0 Å². The molecule has 7 heteroatoms. The number of amides is 1. The van der Waals surface area contributed by atoms with E-state index < -0.39 is 6.04 Å². The molecule has 0 aliphatic carbocycles. The number of carbonyl (C=O) groups excluding carboxylic acids is 1. The molecule has 0 spiro atoms. The van der Waals surface area contributed by atoms with E-state index in [2.05, 4.69) is 22.0 Å². The first-order valence-corrected chi connectivity index (χ1v) is 11.8. The molecule has 1 unspecified atom stereocenters. The van der Waals surface area contributed by atoms with Crippen molar-refractivity contribution in [1.82, 2.24) is 9.88 Å². The van der Waals surface area contributed by atoms with Crippen LogP contribution in [0.4, 0.5) is 11.4 Å². The van der Waals surface area contributed by atoms with Crippen LogP contribution in [0, 0.1) is 0 Å². The minimum absolute atomic E-state index is 0.0882. The highest BCUT2D eigenvalue weighted by atomic mass is 35.5. The molecule has 34 heavy (non-hydrogen) atoms.